The highest BCUT2D eigenvalue weighted by Crippen LogP contribution is 2.31. The lowest BCUT2D eigenvalue weighted by atomic mass is 10.2. The van der Waals surface area contributed by atoms with Gasteiger partial charge in [-0.15, -0.1) is 0 Å². The fraction of sp³-hybridized carbons (Fsp3) is 0.500. The summed E-state index contributed by atoms with van der Waals surface area (Å²) < 4.78 is 47.3. The van der Waals surface area contributed by atoms with Crippen LogP contribution in [0.5, 0.6) is 5.75 Å². The van der Waals surface area contributed by atoms with Crippen molar-refractivity contribution < 1.29 is 32.2 Å². The zero-order valence-corrected chi connectivity index (χ0v) is 13.8. The number of rotatable bonds is 9. The van der Waals surface area contributed by atoms with Gasteiger partial charge in [-0.3, -0.25) is 4.79 Å². The summed E-state index contributed by atoms with van der Waals surface area (Å²) in [6.45, 7) is 0.582. The van der Waals surface area contributed by atoms with Gasteiger partial charge in [-0.1, -0.05) is 6.07 Å². The van der Waals surface area contributed by atoms with E-state index in [9.17, 15) is 22.8 Å². The van der Waals surface area contributed by atoms with Crippen molar-refractivity contribution in [3.8, 4) is 5.75 Å². The SMILES string of the molecule is COC(=O)CCCCNC(=O)NCCOc1cccc(C(F)(F)F)c1. The molecule has 0 spiro atoms. The van der Waals surface area contributed by atoms with Crippen LogP contribution in [0, 0.1) is 0 Å². The van der Waals surface area contributed by atoms with Crippen LogP contribution in [0.3, 0.4) is 0 Å². The number of nitrogens with one attached hydrogen (secondary N) is 2. The molecular weight excluding hydrogens is 341 g/mol. The molecule has 0 fully saturated rings. The van der Waals surface area contributed by atoms with Crippen molar-refractivity contribution in [2.45, 2.75) is 25.4 Å². The quantitative estimate of drug-likeness (QED) is 0.523. The molecule has 0 aromatic heterocycles. The van der Waals surface area contributed by atoms with Gasteiger partial charge in [-0.25, -0.2) is 4.79 Å². The first-order valence-electron chi connectivity index (χ1n) is 7.71. The Balaban J connectivity index is 2.15. The molecule has 1 rings (SSSR count). The Hall–Kier alpha value is -2.45. The van der Waals surface area contributed by atoms with Gasteiger partial charge in [0.25, 0.3) is 0 Å². The van der Waals surface area contributed by atoms with Gasteiger partial charge in [-0.05, 0) is 31.0 Å². The van der Waals surface area contributed by atoms with E-state index in [-0.39, 0.29) is 24.9 Å². The molecule has 6 nitrogen and oxygen atoms in total. The fourth-order valence-electron chi connectivity index (χ4n) is 1.86. The van der Waals surface area contributed by atoms with E-state index in [0.717, 1.165) is 12.1 Å². The van der Waals surface area contributed by atoms with Crippen molar-refractivity contribution >= 4 is 12.0 Å². The van der Waals surface area contributed by atoms with E-state index < -0.39 is 17.8 Å². The molecule has 140 valence electrons. The molecule has 0 aliphatic heterocycles. The molecule has 25 heavy (non-hydrogen) atoms. The number of unbranched alkanes of at least 4 members (excludes halogenated alkanes) is 1. The predicted octanol–water partition coefficient (Wildman–Crippen LogP) is 2.73. The third kappa shape index (κ3) is 8.83. The number of halogens is 3. The summed E-state index contributed by atoms with van der Waals surface area (Å²) >= 11 is 0. The maximum atomic E-state index is 12.6. The van der Waals surface area contributed by atoms with Gasteiger partial charge in [0.1, 0.15) is 12.4 Å². The number of alkyl halides is 3. The Kier molecular flexibility index (Phi) is 8.59. The highest BCUT2D eigenvalue weighted by atomic mass is 19.4. The van der Waals surface area contributed by atoms with Gasteiger partial charge in [-0.2, -0.15) is 13.2 Å². The zero-order chi connectivity index (χ0) is 18.7. The summed E-state index contributed by atoms with van der Waals surface area (Å²) in [5.41, 5.74) is -0.789. The van der Waals surface area contributed by atoms with E-state index in [2.05, 4.69) is 15.4 Å². The van der Waals surface area contributed by atoms with Gasteiger partial charge in [0.15, 0.2) is 0 Å². The monoisotopic (exact) mass is 362 g/mol. The van der Waals surface area contributed by atoms with E-state index in [1.54, 1.807) is 0 Å². The number of hydrogen-bond donors (Lipinski definition) is 2. The molecule has 0 saturated heterocycles. The standard InChI is InChI=1S/C16H21F3N2O4/c1-24-14(22)7-2-3-8-20-15(23)21-9-10-25-13-6-4-5-12(11-13)16(17,18)19/h4-6,11H,2-3,7-10H2,1H3,(H2,20,21,23). The van der Waals surface area contributed by atoms with Crippen molar-refractivity contribution in [2.75, 3.05) is 26.8 Å². The molecular formula is C16H21F3N2O4. The second-order valence-corrected chi connectivity index (χ2v) is 5.09. The van der Waals surface area contributed by atoms with E-state index in [4.69, 9.17) is 4.74 Å². The molecule has 0 atom stereocenters. The Labute approximate surface area is 143 Å². The molecule has 2 amide bonds. The summed E-state index contributed by atoms with van der Waals surface area (Å²) in [6.07, 6.45) is -2.90. The molecule has 0 aliphatic carbocycles. The predicted molar refractivity (Wildman–Crippen MR) is 84.2 cm³/mol. The van der Waals surface area contributed by atoms with Gasteiger partial charge in [0.05, 0.1) is 19.2 Å². The molecule has 0 saturated carbocycles. The van der Waals surface area contributed by atoms with Gasteiger partial charge in [0.2, 0.25) is 0 Å². The Morgan fingerprint density at radius 1 is 1.12 bits per heavy atom. The van der Waals surface area contributed by atoms with Gasteiger partial charge in [0, 0.05) is 13.0 Å². The number of carbonyl (C=O) groups is 2. The zero-order valence-electron chi connectivity index (χ0n) is 13.8. The minimum Gasteiger partial charge on any atom is -0.492 e. The van der Waals surface area contributed by atoms with Crippen LogP contribution in [-0.2, 0) is 15.7 Å². The van der Waals surface area contributed by atoms with Crippen molar-refractivity contribution in [1.29, 1.82) is 0 Å². The van der Waals surface area contributed by atoms with E-state index in [1.807, 2.05) is 0 Å². The largest absolute Gasteiger partial charge is 0.492 e. The average Bonchev–Trinajstić information content (AvgIpc) is 2.57. The maximum absolute atomic E-state index is 12.6. The van der Waals surface area contributed by atoms with Crippen LogP contribution >= 0.6 is 0 Å². The second-order valence-electron chi connectivity index (χ2n) is 5.09. The molecule has 1 aromatic carbocycles. The smallest absolute Gasteiger partial charge is 0.416 e. The van der Waals surface area contributed by atoms with Crippen LogP contribution in [0.25, 0.3) is 0 Å². The summed E-state index contributed by atoms with van der Waals surface area (Å²) in [7, 11) is 1.31. The number of amides is 2. The van der Waals surface area contributed by atoms with Gasteiger partial charge >= 0.3 is 18.2 Å². The average molecular weight is 362 g/mol. The molecule has 1 aromatic rings. The van der Waals surface area contributed by atoms with E-state index >= 15 is 0 Å². The summed E-state index contributed by atoms with van der Waals surface area (Å²) in [5.74, 6) is -0.212. The number of hydrogen-bond acceptors (Lipinski definition) is 4. The fourth-order valence-corrected chi connectivity index (χ4v) is 1.86. The normalized spacial score (nSPS) is 10.9. The first-order chi connectivity index (χ1) is 11.8. The number of carbonyl (C=O) groups excluding carboxylic acids is 2. The van der Waals surface area contributed by atoms with Crippen LogP contribution < -0.4 is 15.4 Å². The van der Waals surface area contributed by atoms with Gasteiger partial charge < -0.3 is 20.1 Å². The van der Waals surface area contributed by atoms with Crippen LogP contribution in [-0.4, -0.2) is 38.8 Å². The summed E-state index contributed by atoms with van der Waals surface area (Å²) in [5, 5.41) is 5.12. The summed E-state index contributed by atoms with van der Waals surface area (Å²) in [6, 6.07) is 4.12. The second kappa shape index (κ2) is 10.4. The van der Waals surface area contributed by atoms with Crippen molar-refractivity contribution in [2.24, 2.45) is 0 Å². The molecule has 0 radical (unpaired) electrons. The first-order valence-corrected chi connectivity index (χ1v) is 7.71. The summed E-state index contributed by atoms with van der Waals surface area (Å²) in [4.78, 5) is 22.4. The minimum atomic E-state index is -4.43. The van der Waals surface area contributed by atoms with Crippen LogP contribution in [0.15, 0.2) is 24.3 Å². The lowest BCUT2D eigenvalue weighted by Crippen LogP contribution is -2.38. The van der Waals surface area contributed by atoms with E-state index in [0.29, 0.717) is 25.8 Å². The number of ether oxygens (including phenoxy) is 2. The number of benzene rings is 1. The number of esters is 1. The van der Waals surface area contributed by atoms with Crippen LogP contribution in [0.4, 0.5) is 18.0 Å². The third-order valence-electron chi connectivity index (χ3n) is 3.14. The maximum Gasteiger partial charge on any atom is 0.416 e. The topological polar surface area (TPSA) is 76.7 Å². The Bertz CT molecular complexity index is 565. The van der Waals surface area contributed by atoms with Crippen LogP contribution in [0.2, 0.25) is 0 Å². The van der Waals surface area contributed by atoms with Crippen molar-refractivity contribution in [1.82, 2.24) is 10.6 Å². The minimum absolute atomic E-state index is 0.0388. The first kappa shape index (κ1) is 20.6. The highest BCUT2D eigenvalue weighted by molar-refractivity contribution is 5.73. The highest BCUT2D eigenvalue weighted by Gasteiger charge is 2.30. The third-order valence-corrected chi connectivity index (χ3v) is 3.14. The lowest BCUT2D eigenvalue weighted by molar-refractivity contribution is -0.140. The van der Waals surface area contributed by atoms with Crippen LogP contribution in [0.1, 0.15) is 24.8 Å². The Morgan fingerprint density at radius 3 is 2.52 bits per heavy atom. The number of methoxy groups -OCH3 is 1. The molecule has 2 N–H and O–H groups in total. The Morgan fingerprint density at radius 2 is 1.84 bits per heavy atom. The van der Waals surface area contributed by atoms with Crippen molar-refractivity contribution in [3.05, 3.63) is 29.8 Å². The van der Waals surface area contributed by atoms with E-state index in [1.165, 1.54) is 19.2 Å². The molecule has 0 aliphatic rings. The molecule has 0 bridgehead atoms. The molecule has 0 heterocycles. The van der Waals surface area contributed by atoms with Crippen molar-refractivity contribution in [3.63, 3.8) is 0 Å². The number of urea groups is 1. The molecule has 9 heteroatoms. The lowest BCUT2D eigenvalue weighted by Gasteiger charge is -2.11. The molecule has 0 unspecified atom stereocenters.